The first kappa shape index (κ1) is 29.9. The van der Waals surface area contributed by atoms with Crippen LogP contribution in [0.3, 0.4) is 0 Å². The molecule has 4 aromatic heterocycles. The molecule has 0 N–H and O–H groups in total. The quantitative estimate of drug-likeness (QED) is 0.129. The van der Waals surface area contributed by atoms with Gasteiger partial charge in [0.05, 0.1) is 11.0 Å². The molecular weight excluding hydrogens is 774 g/mol. The van der Waals surface area contributed by atoms with E-state index in [2.05, 4.69) is 50.4 Å². The first-order valence-electron chi connectivity index (χ1n) is 15.0. The fourth-order valence-corrected chi connectivity index (χ4v) is 8.18. The third-order valence-corrected chi connectivity index (χ3v) is 11.3. The minimum Gasteiger partial charge on any atom is -0.486 e. The maximum absolute atomic E-state index is 14.2. The summed E-state index contributed by atoms with van der Waals surface area (Å²) < 4.78 is 37.9. The van der Waals surface area contributed by atoms with Crippen LogP contribution in [0.25, 0.3) is 44.6 Å². The largest absolute Gasteiger partial charge is 0.486 e. The molecule has 0 unspecified atom stereocenters. The number of furan rings is 1. The Morgan fingerprint density at radius 2 is 1.63 bits per heavy atom. The summed E-state index contributed by atoms with van der Waals surface area (Å²) in [6.07, 6.45) is 5.04. The van der Waals surface area contributed by atoms with Crippen molar-refractivity contribution in [2.75, 3.05) is 0 Å². The summed E-state index contributed by atoms with van der Waals surface area (Å²) in [5.41, 5.74) is 5.88. The fraction of sp³-hybridized carbons (Fsp3) is 0.250. The maximum Gasteiger partial charge on any atom is 0.219 e. The standard InChI is InChI=1S/C19H14FN2O.C17H22GeN.Ir/c1-11(2)12-6-8-21-16(10-12)13-4-3-5-14-17-15(20)7-9-22-19(17)23-18(13)14;1-13(2)15-11-17(14-9-7-6-8-10-14)19-12-16(15)18(3,4)5;/h3,5-11H,1-2H3;6-9,11-13H,1-5H3;/q2*-1;/i11D;13D;. The Hall–Kier alpha value is -3.19. The molecule has 4 nitrogen and oxygen atoms in total. The van der Waals surface area contributed by atoms with Crippen LogP contribution in [0.15, 0.2) is 83.7 Å². The molecular formula is C36H36FGeIrN3O-2. The van der Waals surface area contributed by atoms with Crippen LogP contribution in [0.4, 0.5) is 4.39 Å². The Morgan fingerprint density at radius 1 is 0.860 bits per heavy atom. The van der Waals surface area contributed by atoms with Crippen molar-refractivity contribution in [2.45, 2.75) is 56.8 Å². The monoisotopic (exact) mass is 814 g/mol. The van der Waals surface area contributed by atoms with Crippen molar-refractivity contribution in [1.82, 2.24) is 15.0 Å². The molecule has 0 bridgehead atoms. The van der Waals surface area contributed by atoms with Crippen LogP contribution < -0.4 is 4.40 Å². The Bertz CT molecular complexity index is 1940. The number of hydrogen-bond donors (Lipinski definition) is 0. The SMILES string of the molecule is [2H]C(C)(C)c1cc(-c2[c-]cccc2)nc[c]1[Ge]([CH3])([CH3])[CH3].[2H]C(C)(C)c1ccnc(-c2[c-]ccc3c2oc2nccc(F)c23)c1.[Ir]. The predicted molar refractivity (Wildman–Crippen MR) is 173 cm³/mol. The summed E-state index contributed by atoms with van der Waals surface area (Å²) in [5.74, 6) is 5.33. The van der Waals surface area contributed by atoms with Gasteiger partial charge in [-0.1, -0.05) is 36.4 Å². The third kappa shape index (κ3) is 7.14. The Morgan fingerprint density at radius 3 is 2.30 bits per heavy atom. The van der Waals surface area contributed by atoms with E-state index in [0.717, 1.165) is 22.4 Å². The smallest absolute Gasteiger partial charge is 0.219 e. The van der Waals surface area contributed by atoms with E-state index in [-0.39, 0.29) is 31.6 Å². The van der Waals surface area contributed by atoms with Gasteiger partial charge >= 0.3 is 120 Å². The van der Waals surface area contributed by atoms with E-state index in [1.807, 2.05) is 70.3 Å². The van der Waals surface area contributed by atoms with Gasteiger partial charge in [-0.15, -0.1) is 18.2 Å². The second-order valence-corrected chi connectivity index (χ2v) is 22.3. The first-order chi connectivity index (χ1) is 20.6. The summed E-state index contributed by atoms with van der Waals surface area (Å²) in [6, 6.07) is 24.7. The summed E-state index contributed by atoms with van der Waals surface area (Å²) in [6.45, 7) is 7.55. The normalized spacial score (nSPS) is 12.7. The molecule has 6 rings (SSSR count). The van der Waals surface area contributed by atoms with Gasteiger partial charge in [0.25, 0.3) is 0 Å². The van der Waals surface area contributed by atoms with Crippen molar-refractivity contribution < 1.29 is 31.7 Å². The number of benzene rings is 2. The molecule has 0 spiro atoms. The Balaban J connectivity index is 0.000000204. The van der Waals surface area contributed by atoms with Crippen LogP contribution >= 0.6 is 0 Å². The van der Waals surface area contributed by atoms with Crippen LogP contribution in [-0.4, -0.2) is 28.2 Å². The van der Waals surface area contributed by atoms with Crippen LogP contribution in [-0.2, 0) is 20.1 Å². The Labute approximate surface area is 272 Å². The van der Waals surface area contributed by atoms with E-state index >= 15 is 0 Å². The maximum atomic E-state index is 14.2. The molecule has 0 saturated carbocycles. The summed E-state index contributed by atoms with van der Waals surface area (Å²) in [7, 11) is 0. The molecule has 223 valence electrons. The van der Waals surface area contributed by atoms with Gasteiger partial charge in [0, 0.05) is 33.9 Å². The molecule has 0 fully saturated rings. The number of pyridine rings is 3. The van der Waals surface area contributed by atoms with Crippen molar-refractivity contribution >= 4 is 39.7 Å². The average Bonchev–Trinajstić information content (AvgIpc) is 3.36. The topological polar surface area (TPSA) is 51.8 Å². The molecule has 7 heteroatoms. The zero-order valence-corrected chi connectivity index (χ0v) is 30.0. The zero-order chi connectivity index (χ0) is 31.9. The predicted octanol–water partition coefficient (Wildman–Crippen LogP) is 9.32. The van der Waals surface area contributed by atoms with Gasteiger partial charge in [-0.05, 0) is 23.7 Å². The third-order valence-electron chi connectivity index (χ3n) is 7.11. The first-order valence-corrected chi connectivity index (χ1v) is 21.3. The van der Waals surface area contributed by atoms with Crippen molar-refractivity contribution in [3.8, 4) is 22.5 Å². The van der Waals surface area contributed by atoms with E-state index in [9.17, 15) is 4.39 Å². The number of halogens is 1. The minimum absolute atomic E-state index is 0. The summed E-state index contributed by atoms with van der Waals surface area (Å²) in [5, 5.41) is 1.00. The van der Waals surface area contributed by atoms with Crippen molar-refractivity contribution in [3.63, 3.8) is 0 Å². The number of aromatic nitrogens is 3. The van der Waals surface area contributed by atoms with Gasteiger partial charge in [-0.25, -0.2) is 9.37 Å². The van der Waals surface area contributed by atoms with Gasteiger partial charge < -0.3 is 9.40 Å². The molecule has 0 aliphatic heterocycles. The number of hydrogen-bond acceptors (Lipinski definition) is 4. The number of nitrogens with zero attached hydrogens (tertiary/aromatic N) is 3. The minimum atomic E-state index is -2.03. The molecule has 6 aromatic rings. The van der Waals surface area contributed by atoms with Crippen molar-refractivity contribution in [3.05, 3.63) is 108 Å². The van der Waals surface area contributed by atoms with Gasteiger partial charge in [-0.2, -0.15) is 0 Å². The second kappa shape index (κ2) is 13.6. The van der Waals surface area contributed by atoms with Crippen LogP contribution in [0.1, 0.15) is 53.4 Å². The van der Waals surface area contributed by atoms with E-state index in [1.165, 1.54) is 16.7 Å². The molecule has 1 radical (unpaired) electrons. The summed E-state index contributed by atoms with van der Waals surface area (Å²) in [4.78, 5) is 13.1. The van der Waals surface area contributed by atoms with Crippen molar-refractivity contribution in [2.24, 2.45) is 0 Å². The number of fused-ring (bicyclic) bond motifs is 3. The average molecular weight is 813 g/mol. The van der Waals surface area contributed by atoms with Crippen LogP contribution in [0.5, 0.6) is 0 Å². The van der Waals surface area contributed by atoms with E-state index in [4.69, 9.17) is 7.16 Å². The van der Waals surface area contributed by atoms with E-state index in [1.54, 1.807) is 18.3 Å². The fourth-order valence-electron chi connectivity index (χ4n) is 4.86. The molecule has 0 atom stereocenters. The van der Waals surface area contributed by atoms with Crippen molar-refractivity contribution in [1.29, 1.82) is 0 Å². The molecule has 0 aliphatic rings. The molecule has 43 heavy (non-hydrogen) atoms. The van der Waals surface area contributed by atoms with Gasteiger partial charge in [-0.3, -0.25) is 0 Å². The molecule has 0 amide bonds. The molecule has 0 aliphatic carbocycles. The zero-order valence-electron chi connectivity index (χ0n) is 27.5. The number of rotatable bonds is 5. The van der Waals surface area contributed by atoms with Crippen LogP contribution in [0.2, 0.25) is 17.3 Å². The van der Waals surface area contributed by atoms with E-state index < -0.39 is 25.1 Å². The van der Waals surface area contributed by atoms with Gasteiger partial charge in [0.15, 0.2) is 0 Å². The second-order valence-electron chi connectivity index (χ2n) is 11.7. The van der Waals surface area contributed by atoms with Gasteiger partial charge in [0.2, 0.25) is 5.71 Å². The van der Waals surface area contributed by atoms with Gasteiger partial charge in [0.1, 0.15) is 5.82 Å². The Kier molecular flexibility index (Phi) is 9.46. The van der Waals surface area contributed by atoms with E-state index in [0.29, 0.717) is 27.6 Å². The molecule has 4 heterocycles. The molecule has 0 saturated heterocycles. The molecule has 2 aromatic carbocycles. The summed E-state index contributed by atoms with van der Waals surface area (Å²) >= 11 is -2.03. The van der Waals surface area contributed by atoms with Crippen LogP contribution in [0, 0.1) is 17.9 Å².